The zero-order chi connectivity index (χ0) is 20.8. The summed E-state index contributed by atoms with van der Waals surface area (Å²) in [7, 11) is -2.39. The molecule has 0 aliphatic carbocycles. The van der Waals surface area contributed by atoms with Gasteiger partial charge in [-0.2, -0.15) is 0 Å². The fourth-order valence-electron chi connectivity index (χ4n) is 2.33. The second-order valence-electron chi connectivity index (χ2n) is 7.99. The van der Waals surface area contributed by atoms with Crippen molar-refractivity contribution in [3.8, 4) is 0 Å². The second-order valence-corrected chi connectivity index (χ2v) is 12.7. The van der Waals surface area contributed by atoms with Crippen LogP contribution in [0.25, 0.3) is 0 Å². The molecule has 0 aliphatic rings. The highest BCUT2D eigenvalue weighted by molar-refractivity contribution is 6.74. The number of ether oxygens (including phenoxy) is 2. The minimum Gasteiger partial charge on any atom is -0.455 e. The lowest BCUT2D eigenvalue weighted by Gasteiger charge is -2.42. The predicted molar refractivity (Wildman–Crippen MR) is 105 cm³/mol. The highest BCUT2D eigenvalue weighted by atomic mass is 28.4. The molecule has 1 aromatic rings. The molecule has 0 aliphatic heterocycles. The molecule has 7 heteroatoms. The third-order valence-corrected chi connectivity index (χ3v) is 9.19. The van der Waals surface area contributed by atoms with Crippen molar-refractivity contribution in [2.24, 2.45) is 0 Å². The summed E-state index contributed by atoms with van der Waals surface area (Å²) in [5.41, 5.74) is 0.662. The van der Waals surface area contributed by atoms with Crippen molar-refractivity contribution in [2.75, 3.05) is 0 Å². The lowest BCUT2D eigenvalue weighted by molar-refractivity contribution is -0.168. The number of esters is 2. The monoisotopic (exact) mass is 394 g/mol. The third kappa shape index (κ3) is 6.59. The van der Waals surface area contributed by atoms with Crippen molar-refractivity contribution < 1.29 is 28.3 Å². The van der Waals surface area contributed by atoms with Gasteiger partial charge in [0.2, 0.25) is 0 Å². The van der Waals surface area contributed by atoms with Crippen LogP contribution in [0.1, 0.15) is 46.3 Å². The summed E-state index contributed by atoms with van der Waals surface area (Å²) >= 11 is 0. The van der Waals surface area contributed by atoms with Crippen molar-refractivity contribution in [2.45, 2.75) is 71.1 Å². The minimum absolute atomic E-state index is 0.160. The molecule has 0 fully saturated rings. The standard InChI is InChI=1S/C20H30O6Si/c1-14(22)24-17(13-21)19(26-27(6,7)20(3,4)5)18(25-15(2)23)16-11-9-8-10-12-16/h8-13,17-19H,1-7H3. The molecule has 3 atom stereocenters. The van der Waals surface area contributed by atoms with Gasteiger partial charge in [0.15, 0.2) is 26.8 Å². The van der Waals surface area contributed by atoms with Gasteiger partial charge in [0.25, 0.3) is 0 Å². The topological polar surface area (TPSA) is 78.9 Å². The molecule has 1 rings (SSSR count). The summed E-state index contributed by atoms with van der Waals surface area (Å²) in [4.78, 5) is 35.1. The first kappa shape index (κ1) is 23.0. The highest BCUT2D eigenvalue weighted by Gasteiger charge is 2.45. The Bertz CT molecular complexity index is 650. The van der Waals surface area contributed by atoms with E-state index in [1.165, 1.54) is 13.8 Å². The number of hydrogen-bond acceptors (Lipinski definition) is 6. The van der Waals surface area contributed by atoms with Gasteiger partial charge in [0, 0.05) is 13.8 Å². The maximum Gasteiger partial charge on any atom is 0.303 e. The number of benzene rings is 1. The Labute approximate surface area is 162 Å². The smallest absolute Gasteiger partial charge is 0.303 e. The summed E-state index contributed by atoms with van der Waals surface area (Å²) in [6, 6.07) is 9.01. The van der Waals surface area contributed by atoms with E-state index < -0.39 is 38.6 Å². The number of carbonyl (C=O) groups excluding carboxylic acids is 3. The average molecular weight is 395 g/mol. The van der Waals surface area contributed by atoms with Crippen molar-refractivity contribution in [1.82, 2.24) is 0 Å². The quantitative estimate of drug-likeness (QED) is 0.379. The van der Waals surface area contributed by atoms with Gasteiger partial charge in [0.1, 0.15) is 6.10 Å². The normalized spacial score (nSPS) is 15.4. The molecular formula is C20H30O6Si. The van der Waals surface area contributed by atoms with E-state index in [-0.39, 0.29) is 5.04 Å². The molecule has 0 N–H and O–H groups in total. The SMILES string of the molecule is CC(=O)OC(C=O)C(O[Si](C)(C)C(C)(C)C)C(OC(C)=O)c1ccccc1. The predicted octanol–water partition coefficient (Wildman–Crippen LogP) is 3.81. The third-order valence-electron chi connectivity index (χ3n) is 4.72. The van der Waals surface area contributed by atoms with E-state index in [1.807, 2.05) is 19.2 Å². The molecule has 6 nitrogen and oxygen atoms in total. The van der Waals surface area contributed by atoms with E-state index in [0.29, 0.717) is 11.8 Å². The first-order chi connectivity index (χ1) is 12.4. The van der Waals surface area contributed by atoms with Crippen molar-refractivity contribution in [3.05, 3.63) is 35.9 Å². The van der Waals surface area contributed by atoms with Gasteiger partial charge in [-0.3, -0.25) is 14.4 Å². The number of hydrogen-bond donors (Lipinski definition) is 0. The number of rotatable bonds is 8. The van der Waals surface area contributed by atoms with Crippen LogP contribution in [0.4, 0.5) is 0 Å². The average Bonchev–Trinajstić information content (AvgIpc) is 2.55. The summed E-state index contributed by atoms with van der Waals surface area (Å²) in [6.07, 6.45) is -2.49. The van der Waals surface area contributed by atoms with Crippen LogP contribution < -0.4 is 0 Å². The summed E-state index contributed by atoms with van der Waals surface area (Å²) in [6.45, 7) is 12.7. The lowest BCUT2D eigenvalue weighted by atomic mass is 10.0. The van der Waals surface area contributed by atoms with E-state index in [9.17, 15) is 14.4 Å². The van der Waals surface area contributed by atoms with E-state index in [4.69, 9.17) is 13.9 Å². The van der Waals surface area contributed by atoms with Crippen LogP contribution in [0, 0.1) is 0 Å². The first-order valence-electron chi connectivity index (χ1n) is 8.91. The molecule has 0 amide bonds. The summed E-state index contributed by atoms with van der Waals surface area (Å²) in [5.74, 6) is -1.12. The maximum absolute atomic E-state index is 11.8. The fraction of sp³-hybridized carbons (Fsp3) is 0.550. The molecular weight excluding hydrogens is 364 g/mol. The van der Waals surface area contributed by atoms with Crippen molar-refractivity contribution in [3.63, 3.8) is 0 Å². The molecule has 3 unspecified atom stereocenters. The first-order valence-corrected chi connectivity index (χ1v) is 11.8. The van der Waals surface area contributed by atoms with Gasteiger partial charge < -0.3 is 13.9 Å². The van der Waals surface area contributed by atoms with Crippen LogP contribution in [-0.2, 0) is 28.3 Å². The van der Waals surface area contributed by atoms with E-state index in [0.717, 1.165) is 0 Å². The maximum atomic E-state index is 11.8. The van der Waals surface area contributed by atoms with Gasteiger partial charge in [-0.25, -0.2) is 0 Å². The lowest BCUT2D eigenvalue weighted by Crippen LogP contribution is -2.51. The van der Waals surface area contributed by atoms with Gasteiger partial charge in [-0.1, -0.05) is 51.1 Å². The van der Waals surface area contributed by atoms with E-state index in [1.54, 1.807) is 24.3 Å². The Morgan fingerprint density at radius 2 is 1.52 bits per heavy atom. The van der Waals surface area contributed by atoms with Crippen LogP contribution in [0.15, 0.2) is 30.3 Å². The van der Waals surface area contributed by atoms with Crippen molar-refractivity contribution in [1.29, 1.82) is 0 Å². The number of carbonyl (C=O) groups is 3. The molecule has 0 bridgehead atoms. The summed E-state index contributed by atoms with van der Waals surface area (Å²) in [5, 5.41) is -0.160. The Morgan fingerprint density at radius 3 is 1.93 bits per heavy atom. The van der Waals surface area contributed by atoms with Gasteiger partial charge in [-0.05, 0) is 23.7 Å². The Kier molecular flexibility index (Phi) is 7.92. The zero-order valence-corrected chi connectivity index (χ0v) is 18.1. The van der Waals surface area contributed by atoms with Crippen LogP contribution >= 0.6 is 0 Å². The van der Waals surface area contributed by atoms with Gasteiger partial charge >= 0.3 is 11.9 Å². The van der Waals surface area contributed by atoms with Crippen LogP contribution in [0.3, 0.4) is 0 Å². The van der Waals surface area contributed by atoms with Crippen LogP contribution in [0.2, 0.25) is 18.1 Å². The fourth-order valence-corrected chi connectivity index (χ4v) is 3.62. The molecule has 27 heavy (non-hydrogen) atoms. The van der Waals surface area contributed by atoms with E-state index >= 15 is 0 Å². The summed E-state index contributed by atoms with van der Waals surface area (Å²) < 4.78 is 17.2. The Hall–Kier alpha value is -1.99. The van der Waals surface area contributed by atoms with Gasteiger partial charge in [0.05, 0.1) is 0 Å². The molecule has 0 heterocycles. The number of aldehydes is 1. The van der Waals surface area contributed by atoms with Crippen LogP contribution in [0.5, 0.6) is 0 Å². The highest BCUT2D eigenvalue weighted by Crippen LogP contribution is 2.40. The Morgan fingerprint density at radius 1 is 1.00 bits per heavy atom. The van der Waals surface area contributed by atoms with Crippen LogP contribution in [-0.4, -0.2) is 38.8 Å². The molecule has 150 valence electrons. The molecule has 0 saturated carbocycles. The molecule has 0 saturated heterocycles. The van der Waals surface area contributed by atoms with Gasteiger partial charge in [-0.15, -0.1) is 0 Å². The molecule has 0 radical (unpaired) electrons. The largest absolute Gasteiger partial charge is 0.455 e. The Balaban J connectivity index is 3.43. The molecule has 0 spiro atoms. The van der Waals surface area contributed by atoms with Crippen molar-refractivity contribution >= 4 is 26.5 Å². The molecule has 1 aromatic carbocycles. The molecule has 0 aromatic heterocycles. The second kappa shape index (κ2) is 9.28. The minimum atomic E-state index is -2.39. The van der Waals surface area contributed by atoms with E-state index in [2.05, 4.69) is 20.8 Å². The zero-order valence-electron chi connectivity index (χ0n) is 17.1.